The highest BCUT2D eigenvalue weighted by Gasteiger charge is 2.20. The Morgan fingerprint density at radius 3 is 2.65 bits per heavy atom. The van der Waals surface area contributed by atoms with Gasteiger partial charge in [0, 0.05) is 48.7 Å². The van der Waals surface area contributed by atoms with Gasteiger partial charge in [-0.3, -0.25) is 4.98 Å². The fraction of sp³-hybridized carbons (Fsp3) is 0.267. The van der Waals surface area contributed by atoms with Crippen LogP contribution in [0.4, 0.5) is 11.5 Å². The van der Waals surface area contributed by atoms with Gasteiger partial charge in [0.15, 0.2) is 5.11 Å². The lowest BCUT2D eigenvalue weighted by Crippen LogP contribution is -2.50. The molecule has 1 saturated heterocycles. The van der Waals surface area contributed by atoms with Crippen LogP contribution in [0.5, 0.6) is 0 Å². The van der Waals surface area contributed by atoms with Crippen LogP contribution in [0, 0.1) is 0 Å². The fourth-order valence-electron chi connectivity index (χ4n) is 2.37. The highest BCUT2D eigenvalue weighted by atomic mass is 79.9. The molecule has 23 heavy (non-hydrogen) atoms. The van der Waals surface area contributed by atoms with Crippen LogP contribution >= 0.6 is 39.7 Å². The van der Waals surface area contributed by atoms with Crippen molar-refractivity contribution in [3.63, 3.8) is 0 Å². The average molecular weight is 413 g/mol. The van der Waals surface area contributed by atoms with Crippen LogP contribution in [0.15, 0.2) is 41.3 Å². The second kappa shape index (κ2) is 7.42. The van der Waals surface area contributed by atoms with E-state index in [1.165, 1.54) is 0 Å². The van der Waals surface area contributed by atoms with Gasteiger partial charge in [0.2, 0.25) is 0 Å². The molecule has 2 aromatic rings. The van der Waals surface area contributed by atoms with Crippen molar-refractivity contribution in [3.8, 4) is 0 Å². The third kappa shape index (κ3) is 4.10. The number of thiocarbonyl (C=S) groups is 1. The second-order valence-electron chi connectivity index (χ2n) is 5.10. The summed E-state index contributed by atoms with van der Waals surface area (Å²) in [6, 6.07) is 5.70. The predicted octanol–water partition coefficient (Wildman–Crippen LogP) is 3.41. The Bertz CT molecular complexity index is 692. The molecule has 3 rings (SSSR count). The lowest BCUT2D eigenvalue weighted by Gasteiger charge is -2.36. The zero-order valence-corrected chi connectivity index (χ0v) is 15.4. The highest BCUT2D eigenvalue weighted by molar-refractivity contribution is 9.10. The Morgan fingerprint density at radius 2 is 2.00 bits per heavy atom. The molecule has 0 spiro atoms. The molecule has 0 atom stereocenters. The minimum Gasteiger partial charge on any atom is -0.352 e. The van der Waals surface area contributed by atoms with E-state index < -0.39 is 0 Å². The largest absolute Gasteiger partial charge is 0.352 e. The summed E-state index contributed by atoms with van der Waals surface area (Å²) < 4.78 is 0.869. The molecular weight excluding hydrogens is 398 g/mol. The number of aromatic nitrogens is 2. The zero-order chi connectivity index (χ0) is 16.2. The zero-order valence-electron chi connectivity index (χ0n) is 12.2. The lowest BCUT2D eigenvalue weighted by molar-refractivity contribution is 0.389. The van der Waals surface area contributed by atoms with Crippen LogP contribution in [0.2, 0.25) is 5.02 Å². The first-order valence-corrected chi connectivity index (χ1v) is 8.73. The van der Waals surface area contributed by atoms with Crippen LogP contribution < -0.4 is 10.2 Å². The van der Waals surface area contributed by atoms with Crippen molar-refractivity contribution >= 4 is 56.4 Å². The number of nitrogens with zero attached hydrogens (tertiary/aromatic N) is 4. The monoisotopic (exact) mass is 411 g/mol. The quantitative estimate of drug-likeness (QED) is 0.763. The molecule has 5 nitrogen and oxygen atoms in total. The Morgan fingerprint density at radius 1 is 1.22 bits per heavy atom. The van der Waals surface area contributed by atoms with E-state index in [1.807, 2.05) is 18.2 Å². The summed E-state index contributed by atoms with van der Waals surface area (Å²) in [5.74, 6) is 0.908. The molecule has 0 unspecified atom stereocenters. The Kier molecular flexibility index (Phi) is 5.30. The van der Waals surface area contributed by atoms with Gasteiger partial charge in [-0.15, -0.1) is 0 Å². The van der Waals surface area contributed by atoms with Crippen molar-refractivity contribution in [2.24, 2.45) is 0 Å². The molecule has 1 aromatic heterocycles. The molecule has 0 bridgehead atoms. The maximum absolute atomic E-state index is 6.11. The number of anilines is 2. The van der Waals surface area contributed by atoms with E-state index in [1.54, 1.807) is 18.6 Å². The standard InChI is InChI=1S/C15H15BrClN5S/c16-12-2-1-11(9-13(12)17)20-15(23)22-7-5-21(6-8-22)14-10-18-3-4-19-14/h1-4,9-10H,5-8H2,(H,20,23). The van der Waals surface area contributed by atoms with E-state index >= 15 is 0 Å². The number of nitrogens with one attached hydrogen (secondary N) is 1. The molecule has 0 amide bonds. The normalized spacial score (nSPS) is 14.7. The number of halogens is 2. The molecule has 2 heterocycles. The third-order valence-corrected chi connectivity index (χ3v) is 5.20. The van der Waals surface area contributed by atoms with Crippen LogP contribution in [0.1, 0.15) is 0 Å². The van der Waals surface area contributed by atoms with Gasteiger partial charge < -0.3 is 15.1 Å². The SMILES string of the molecule is S=C(Nc1ccc(Br)c(Cl)c1)N1CCN(c2cnccn2)CC1. The van der Waals surface area contributed by atoms with E-state index in [4.69, 9.17) is 23.8 Å². The molecule has 1 aliphatic rings. The maximum Gasteiger partial charge on any atom is 0.173 e. The van der Waals surface area contributed by atoms with Gasteiger partial charge in [0.1, 0.15) is 5.82 Å². The fourth-order valence-corrected chi connectivity index (χ4v) is 3.10. The lowest BCUT2D eigenvalue weighted by atomic mass is 10.3. The molecule has 0 saturated carbocycles. The number of rotatable bonds is 2. The number of benzene rings is 1. The van der Waals surface area contributed by atoms with E-state index in [-0.39, 0.29) is 0 Å². The van der Waals surface area contributed by atoms with Crippen molar-refractivity contribution in [2.75, 3.05) is 36.4 Å². The number of hydrogen-bond acceptors (Lipinski definition) is 4. The first-order chi connectivity index (χ1) is 11.1. The van der Waals surface area contributed by atoms with Gasteiger partial charge in [-0.1, -0.05) is 11.6 Å². The summed E-state index contributed by atoms with van der Waals surface area (Å²) in [5, 5.41) is 4.61. The summed E-state index contributed by atoms with van der Waals surface area (Å²) in [6.45, 7) is 3.41. The van der Waals surface area contributed by atoms with E-state index in [2.05, 4.69) is 41.0 Å². The van der Waals surface area contributed by atoms with Crippen LogP contribution in [-0.4, -0.2) is 46.2 Å². The van der Waals surface area contributed by atoms with E-state index in [0.29, 0.717) is 10.1 Å². The molecule has 120 valence electrons. The van der Waals surface area contributed by atoms with E-state index in [9.17, 15) is 0 Å². The first kappa shape index (κ1) is 16.4. The van der Waals surface area contributed by atoms with Crippen molar-refractivity contribution in [1.82, 2.24) is 14.9 Å². The minimum atomic E-state index is 0.658. The number of piperazine rings is 1. The third-order valence-electron chi connectivity index (χ3n) is 3.61. The van der Waals surface area contributed by atoms with Crippen molar-refractivity contribution in [1.29, 1.82) is 0 Å². The van der Waals surface area contributed by atoms with Gasteiger partial charge in [-0.05, 0) is 46.3 Å². The van der Waals surface area contributed by atoms with Crippen LogP contribution in [0.25, 0.3) is 0 Å². The van der Waals surface area contributed by atoms with Crippen molar-refractivity contribution in [2.45, 2.75) is 0 Å². The summed E-state index contributed by atoms with van der Waals surface area (Å²) >= 11 is 15.0. The molecule has 0 aliphatic carbocycles. The van der Waals surface area contributed by atoms with Gasteiger partial charge in [-0.25, -0.2) is 4.98 Å². The number of hydrogen-bond donors (Lipinski definition) is 1. The summed E-state index contributed by atoms with van der Waals surface area (Å²) in [6.07, 6.45) is 5.18. The molecular formula is C15H15BrClN5S. The predicted molar refractivity (Wildman–Crippen MR) is 101 cm³/mol. The molecule has 1 N–H and O–H groups in total. The molecule has 1 aliphatic heterocycles. The molecule has 1 aromatic carbocycles. The summed E-state index contributed by atoms with van der Waals surface area (Å²) in [7, 11) is 0. The summed E-state index contributed by atoms with van der Waals surface area (Å²) in [4.78, 5) is 12.8. The molecule has 0 radical (unpaired) electrons. The average Bonchev–Trinajstić information content (AvgIpc) is 2.59. The van der Waals surface area contributed by atoms with E-state index in [0.717, 1.165) is 42.2 Å². The van der Waals surface area contributed by atoms with Crippen LogP contribution in [-0.2, 0) is 0 Å². The van der Waals surface area contributed by atoms with Crippen molar-refractivity contribution in [3.05, 3.63) is 46.3 Å². The Hall–Kier alpha value is -1.44. The minimum absolute atomic E-state index is 0.658. The summed E-state index contributed by atoms with van der Waals surface area (Å²) in [5.41, 5.74) is 0.888. The second-order valence-corrected chi connectivity index (χ2v) is 6.74. The van der Waals surface area contributed by atoms with Gasteiger partial charge in [0.25, 0.3) is 0 Å². The van der Waals surface area contributed by atoms with Gasteiger partial charge in [0.05, 0.1) is 11.2 Å². The van der Waals surface area contributed by atoms with Crippen LogP contribution in [0.3, 0.4) is 0 Å². The Balaban J connectivity index is 1.57. The molecule has 8 heteroatoms. The first-order valence-electron chi connectivity index (χ1n) is 7.15. The molecule has 1 fully saturated rings. The maximum atomic E-state index is 6.11. The van der Waals surface area contributed by atoms with Gasteiger partial charge >= 0.3 is 0 Å². The smallest absolute Gasteiger partial charge is 0.173 e. The highest BCUT2D eigenvalue weighted by Crippen LogP contribution is 2.25. The van der Waals surface area contributed by atoms with Crippen molar-refractivity contribution < 1.29 is 0 Å². The van der Waals surface area contributed by atoms with Gasteiger partial charge in [-0.2, -0.15) is 0 Å². The Labute approximate surface area is 153 Å². The topological polar surface area (TPSA) is 44.3 Å².